The van der Waals surface area contributed by atoms with E-state index in [-0.39, 0.29) is 5.91 Å². The molecule has 0 radical (unpaired) electrons. The van der Waals surface area contributed by atoms with Crippen molar-refractivity contribution in [2.45, 2.75) is 26.7 Å². The third-order valence-corrected chi connectivity index (χ3v) is 5.00. The van der Waals surface area contributed by atoms with Crippen LogP contribution in [0.1, 0.15) is 32.4 Å². The summed E-state index contributed by atoms with van der Waals surface area (Å²) in [5, 5.41) is 3.99. The van der Waals surface area contributed by atoms with E-state index in [0.29, 0.717) is 19.1 Å². The SMILES string of the molecule is Cc1nc(C)c(C(=O)NC[C@H]2CCOc3ccccc3C2)s1. The molecule has 5 heteroatoms. The van der Waals surface area contributed by atoms with Gasteiger partial charge < -0.3 is 10.1 Å². The Balaban J connectivity index is 1.62. The minimum atomic E-state index is -0.0125. The summed E-state index contributed by atoms with van der Waals surface area (Å²) in [7, 11) is 0. The van der Waals surface area contributed by atoms with Crippen molar-refractivity contribution in [2.75, 3.05) is 13.2 Å². The van der Waals surface area contributed by atoms with Gasteiger partial charge in [-0.1, -0.05) is 18.2 Å². The minimum absolute atomic E-state index is 0.0125. The Hall–Kier alpha value is -1.88. The molecular weight excluding hydrogens is 296 g/mol. The molecule has 1 N–H and O–H groups in total. The molecule has 116 valence electrons. The van der Waals surface area contributed by atoms with Crippen LogP contribution in [0.5, 0.6) is 5.75 Å². The number of rotatable bonds is 3. The van der Waals surface area contributed by atoms with E-state index >= 15 is 0 Å². The molecule has 1 aliphatic heterocycles. The van der Waals surface area contributed by atoms with Crippen LogP contribution >= 0.6 is 11.3 Å². The van der Waals surface area contributed by atoms with E-state index < -0.39 is 0 Å². The highest BCUT2D eigenvalue weighted by molar-refractivity contribution is 7.13. The second kappa shape index (κ2) is 6.48. The average Bonchev–Trinajstić information content (AvgIpc) is 2.72. The number of fused-ring (bicyclic) bond motifs is 1. The highest BCUT2D eigenvalue weighted by atomic mass is 32.1. The summed E-state index contributed by atoms with van der Waals surface area (Å²) < 4.78 is 5.77. The second-order valence-corrected chi connectivity index (χ2v) is 6.88. The highest BCUT2D eigenvalue weighted by Gasteiger charge is 2.19. The number of thiazole rings is 1. The van der Waals surface area contributed by atoms with E-state index in [1.807, 2.05) is 32.0 Å². The molecule has 0 spiro atoms. The second-order valence-electron chi connectivity index (χ2n) is 5.67. The van der Waals surface area contributed by atoms with Gasteiger partial charge in [-0.2, -0.15) is 0 Å². The number of nitrogens with one attached hydrogen (secondary N) is 1. The number of carbonyl (C=O) groups is 1. The third-order valence-electron chi connectivity index (χ3n) is 3.93. The van der Waals surface area contributed by atoms with Crippen molar-refractivity contribution >= 4 is 17.2 Å². The van der Waals surface area contributed by atoms with Crippen molar-refractivity contribution in [2.24, 2.45) is 5.92 Å². The van der Waals surface area contributed by atoms with Gasteiger partial charge in [0.1, 0.15) is 10.6 Å². The quantitative estimate of drug-likeness (QED) is 0.946. The molecule has 1 aromatic carbocycles. The van der Waals surface area contributed by atoms with Crippen LogP contribution in [0.25, 0.3) is 0 Å². The van der Waals surface area contributed by atoms with Crippen LogP contribution in [0.2, 0.25) is 0 Å². The number of carbonyl (C=O) groups excluding carboxylic acids is 1. The van der Waals surface area contributed by atoms with Gasteiger partial charge in [-0.3, -0.25) is 4.79 Å². The molecule has 2 aromatic rings. The number of para-hydroxylation sites is 1. The maximum Gasteiger partial charge on any atom is 0.263 e. The number of hydrogen-bond acceptors (Lipinski definition) is 4. The smallest absolute Gasteiger partial charge is 0.263 e. The zero-order valence-electron chi connectivity index (χ0n) is 12.9. The molecular formula is C17H20N2O2S. The van der Waals surface area contributed by atoms with Gasteiger partial charge in [-0.15, -0.1) is 11.3 Å². The molecule has 4 nitrogen and oxygen atoms in total. The lowest BCUT2D eigenvalue weighted by molar-refractivity contribution is 0.0948. The highest BCUT2D eigenvalue weighted by Crippen LogP contribution is 2.26. The summed E-state index contributed by atoms with van der Waals surface area (Å²) in [5.74, 6) is 1.37. The molecule has 22 heavy (non-hydrogen) atoms. The molecule has 0 saturated carbocycles. The van der Waals surface area contributed by atoms with Gasteiger partial charge in [-0.25, -0.2) is 4.98 Å². The van der Waals surface area contributed by atoms with Gasteiger partial charge in [-0.05, 0) is 44.2 Å². The van der Waals surface area contributed by atoms with Gasteiger partial charge >= 0.3 is 0 Å². The van der Waals surface area contributed by atoms with Crippen molar-refractivity contribution in [3.05, 3.63) is 45.4 Å². The van der Waals surface area contributed by atoms with Crippen LogP contribution < -0.4 is 10.1 Å². The van der Waals surface area contributed by atoms with Crippen molar-refractivity contribution < 1.29 is 9.53 Å². The number of hydrogen-bond donors (Lipinski definition) is 1. The van der Waals surface area contributed by atoms with E-state index in [2.05, 4.69) is 16.4 Å². The molecule has 1 aromatic heterocycles. The Labute approximate surface area is 134 Å². The summed E-state index contributed by atoms with van der Waals surface area (Å²) in [5.41, 5.74) is 2.04. The fourth-order valence-electron chi connectivity index (χ4n) is 2.80. The maximum atomic E-state index is 12.3. The summed E-state index contributed by atoms with van der Waals surface area (Å²) in [6, 6.07) is 8.15. The number of benzene rings is 1. The topological polar surface area (TPSA) is 51.2 Å². The molecule has 1 atom stereocenters. The van der Waals surface area contributed by atoms with Crippen LogP contribution in [-0.2, 0) is 6.42 Å². The van der Waals surface area contributed by atoms with Gasteiger partial charge in [0.05, 0.1) is 17.3 Å². The Kier molecular flexibility index (Phi) is 4.43. The summed E-state index contributed by atoms with van der Waals surface area (Å²) >= 11 is 1.45. The number of aryl methyl sites for hydroxylation is 2. The zero-order chi connectivity index (χ0) is 15.5. The first-order valence-corrected chi connectivity index (χ1v) is 8.38. The van der Waals surface area contributed by atoms with Gasteiger partial charge in [0, 0.05) is 6.54 Å². The summed E-state index contributed by atoms with van der Waals surface area (Å²) in [6.07, 6.45) is 1.90. The zero-order valence-corrected chi connectivity index (χ0v) is 13.7. The van der Waals surface area contributed by atoms with E-state index in [4.69, 9.17) is 4.74 Å². The maximum absolute atomic E-state index is 12.3. The summed E-state index contributed by atoms with van der Waals surface area (Å²) in [4.78, 5) is 17.3. The number of nitrogens with zero attached hydrogens (tertiary/aromatic N) is 1. The largest absolute Gasteiger partial charge is 0.493 e. The summed E-state index contributed by atoms with van der Waals surface area (Å²) in [6.45, 7) is 5.19. The van der Waals surface area contributed by atoms with Crippen molar-refractivity contribution in [3.63, 3.8) is 0 Å². The fraction of sp³-hybridized carbons (Fsp3) is 0.412. The van der Waals surface area contributed by atoms with Crippen LogP contribution in [0.4, 0.5) is 0 Å². The van der Waals surface area contributed by atoms with Crippen LogP contribution in [0.15, 0.2) is 24.3 Å². The van der Waals surface area contributed by atoms with E-state index in [1.165, 1.54) is 16.9 Å². The molecule has 0 unspecified atom stereocenters. The van der Waals surface area contributed by atoms with Crippen molar-refractivity contribution in [1.29, 1.82) is 0 Å². The molecule has 2 heterocycles. The fourth-order valence-corrected chi connectivity index (χ4v) is 3.63. The molecule has 0 bridgehead atoms. The Morgan fingerprint density at radius 3 is 3.00 bits per heavy atom. The van der Waals surface area contributed by atoms with E-state index in [9.17, 15) is 4.79 Å². The molecule has 0 fully saturated rings. The van der Waals surface area contributed by atoms with Gasteiger partial charge in [0.15, 0.2) is 0 Å². The van der Waals surface area contributed by atoms with Crippen molar-refractivity contribution in [3.8, 4) is 5.75 Å². The van der Waals surface area contributed by atoms with E-state index in [0.717, 1.165) is 34.2 Å². The van der Waals surface area contributed by atoms with Crippen LogP contribution in [-0.4, -0.2) is 24.0 Å². The molecule has 3 rings (SSSR count). The first kappa shape index (κ1) is 15.0. The molecule has 1 amide bonds. The first-order chi connectivity index (χ1) is 10.6. The monoisotopic (exact) mass is 316 g/mol. The molecule has 1 aliphatic rings. The number of aromatic nitrogens is 1. The first-order valence-electron chi connectivity index (χ1n) is 7.56. The Morgan fingerprint density at radius 2 is 2.23 bits per heavy atom. The predicted molar refractivity (Wildman–Crippen MR) is 87.7 cm³/mol. The van der Waals surface area contributed by atoms with Crippen molar-refractivity contribution in [1.82, 2.24) is 10.3 Å². The Morgan fingerprint density at radius 1 is 1.41 bits per heavy atom. The number of ether oxygens (including phenoxy) is 1. The molecule has 0 aliphatic carbocycles. The average molecular weight is 316 g/mol. The van der Waals surface area contributed by atoms with Crippen LogP contribution in [0, 0.1) is 19.8 Å². The lowest BCUT2D eigenvalue weighted by atomic mass is 9.97. The van der Waals surface area contributed by atoms with Gasteiger partial charge in [0.25, 0.3) is 5.91 Å². The van der Waals surface area contributed by atoms with E-state index in [1.54, 1.807) is 0 Å². The molecule has 0 saturated heterocycles. The minimum Gasteiger partial charge on any atom is -0.493 e. The third kappa shape index (κ3) is 3.30. The number of amides is 1. The lowest BCUT2D eigenvalue weighted by Crippen LogP contribution is -2.30. The normalized spacial score (nSPS) is 17.3. The van der Waals surface area contributed by atoms with Gasteiger partial charge in [0.2, 0.25) is 0 Å². The van der Waals surface area contributed by atoms with Crippen LogP contribution in [0.3, 0.4) is 0 Å². The lowest BCUT2D eigenvalue weighted by Gasteiger charge is -2.14. The standard InChI is InChI=1S/C17H20N2O2S/c1-11-16(22-12(2)19-11)17(20)18-10-13-7-8-21-15-6-4-3-5-14(15)9-13/h3-6,13H,7-10H2,1-2H3,(H,18,20)/t13-/m0/s1. The predicted octanol–water partition coefficient (Wildman–Crippen LogP) is 3.13. The Bertz CT molecular complexity index is 681.